The van der Waals surface area contributed by atoms with E-state index in [1.54, 1.807) is 7.11 Å². The number of benzene rings is 1. The Morgan fingerprint density at radius 1 is 1.20 bits per heavy atom. The molecule has 0 aliphatic heterocycles. The number of aryl methyl sites for hydroxylation is 1. The van der Waals surface area contributed by atoms with Gasteiger partial charge in [-0.25, -0.2) is 0 Å². The average Bonchev–Trinajstić information content (AvgIpc) is 2.25. The Labute approximate surface area is 93.5 Å². The molecule has 0 aromatic heterocycles. The summed E-state index contributed by atoms with van der Waals surface area (Å²) in [5.74, 6) is 0.609. The largest absolute Gasteiger partial charge is 0.384 e. The van der Waals surface area contributed by atoms with Crippen molar-refractivity contribution < 1.29 is 4.74 Å². The lowest BCUT2D eigenvalue weighted by Crippen LogP contribution is -2.01. The second kappa shape index (κ2) is 5.92. The second-order valence-electron chi connectivity index (χ2n) is 4.28. The van der Waals surface area contributed by atoms with E-state index in [0.717, 1.165) is 19.4 Å². The maximum Gasteiger partial charge on any atom is 0.0502 e. The van der Waals surface area contributed by atoms with Crippen molar-refractivity contribution in [2.24, 2.45) is 0 Å². The number of hydrogen-bond donors (Lipinski definition) is 0. The van der Waals surface area contributed by atoms with Crippen LogP contribution in [-0.2, 0) is 17.6 Å². The van der Waals surface area contributed by atoms with E-state index in [9.17, 15) is 0 Å². The minimum Gasteiger partial charge on any atom is -0.384 e. The molecule has 0 fully saturated rings. The molecule has 15 heavy (non-hydrogen) atoms. The van der Waals surface area contributed by atoms with Gasteiger partial charge in [-0.1, -0.05) is 39.0 Å². The van der Waals surface area contributed by atoms with E-state index in [0.29, 0.717) is 5.92 Å². The summed E-state index contributed by atoms with van der Waals surface area (Å²) >= 11 is 0. The lowest BCUT2D eigenvalue weighted by molar-refractivity contribution is 0.202. The Morgan fingerprint density at radius 3 is 2.47 bits per heavy atom. The first-order valence-electron chi connectivity index (χ1n) is 5.79. The molecule has 1 aromatic rings. The highest BCUT2D eigenvalue weighted by molar-refractivity contribution is 5.33. The Balaban J connectivity index is 2.91. The predicted octanol–water partition coefficient (Wildman–Crippen LogP) is 3.56. The maximum atomic E-state index is 5.15. The highest BCUT2D eigenvalue weighted by atomic mass is 16.5. The van der Waals surface area contributed by atoms with Crippen molar-refractivity contribution in [2.75, 3.05) is 13.7 Å². The number of methoxy groups -OCH3 is 1. The van der Waals surface area contributed by atoms with Gasteiger partial charge in [0.15, 0.2) is 0 Å². The van der Waals surface area contributed by atoms with E-state index in [1.807, 2.05) is 0 Å². The third kappa shape index (κ3) is 3.35. The van der Waals surface area contributed by atoms with Gasteiger partial charge >= 0.3 is 0 Å². The monoisotopic (exact) mass is 206 g/mol. The van der Waals surface area contributed by atoms with Gasteiger partial charge in [0.05, 0.1) is 6.61 Å². The third-order valence-electron chi connectivity index (χ3n) is 2.85. The first-order chi connectivity index (χ1) is 7.19. The number of hydrogen-bond acceptors (Lipinski definition) is 1. The molecule has 1 aromatic carbocycles. The first kappa shape index (κ1) is 12.3. The van der Waals surface area contributed by atoms with E-state index in [2.05, 4.69) is 39.0 Å². The molecule has 1 heteroatoms. The quantitative estimate of drug-likeness (QED) is 0.715. The van der Waals surface area contributed by atoms with Crippen LogP contribution in [0.4, 0.5) is 0 Å². The smallest absolute Gasteiger partial charge is 0.0502 e. The minimum absolute atomic E-state index is 0.609. The van der Waals surface area contributed by atoms with Crippen LogP contribution in [0.3, 0.4) is 0 Å². The van der Waals surface area contributed by atoms with Crippen LogP contribution in [0.15, 0.2) is 18.2 Å². The van der Waals surface area contributed by atoms with Gasteiger partial charge in [0.2, 0.25) is 0 Å². The summed E-state index contributed by atoms with van der Waals surface area (Å²) in [6.45, 7) is 7.50. The molecule has 84 valence electrons. The van der Waals surface area contributed by atoms with Crippen LogP contribution in [0.5, 0.6) is 0 Å². The first-order valence-corrected chi connectivity index (χ1v) is 5.79. The third-order valence-corrected chi connectivity index (χ3v) is 2.85. The number of rotatable bonds is 5. The number of ether oxygens (including phenoxy) is 1. The van der Waals surface area contributed by atoms with Crippen molar-refractivity contribution in [2.45, 2.75) is 39.5 Å². The molecule has 0 unspecified atom stereocenters. The molecular formula is C14H22O. The Kier molecular flexibility index (Phi) is 4.83. The Morgan fingerprint density at radius 2 is 1.93 bits per heavy atom. The van der Waals surface area contributed by atoms with Crippen molar-refractivity contribution in [3.63, 3.8) is 0 Å². The molecule has 1 nitrogen and oxygen atoms in total. The van der Waals surface area contributed by atoms with Gasteiger partial charge in [0, 0.05) is 7.11 Å². The molecule has 0 aliphatic carbocycles. The summed E-state index contributed by atoms with van der Waals surface area (Å²) in [4.78, 5) is 0. The molecule has 0 aliphatic rings. The molecule has 0 saturated heterocycles. The lowest BCUT2D eigenvalue weighted by atomic mass is 9.95. The predicted molar refractivity (Wildman–Crippen MR) is 65.5 cm³/mol. The van der Waals surface area contributed by atoms with Crippen molar-refractivity contribution >= 4 is 0 Å². The van der Waals surface area contributed by atoms with Gasteiger partial charge in [-0.15, -0.1) is 0 Å². The normalized spacial score (nSPS) is 11.0. The summed E-state index contributed by atoms with van der Waals surface area (Å²) in [7, 11) is 1.76. The van der Waals surface area contributed by atoms with Crippen molar-refractivity contribution in [3.05, 3.63) is 34.9 Å². The molecular weight excluding hydrogens is 184 g/mol. The second-order valence-corrected chi connectivity index (χ2v) is 4.28. The topological polar surface area (TPSA) is 9.23 Å². The summed E-state index contributed by atoms with van der Waals surface area (Å²) < 4.78 is 5.15. The molecule has 0 N–H and O–H groups in total. The molecule has 1 rings (SSSR count). The van der Waals surface area contributed by atoms with Crippen LogP contribution in [0.2, 0.25) is 0 Å². The van der Waals surface area contributed by atoms with Crippen LogP contribution in [0, 0.1) is 0 Å². The van der Waals surface area contributed by atoms with E-state index in [-0.39, 0.29) is 0 Å². The van der Waals surface area contributed by atoms with Crippen LogP contribution < -0.4 is 0 Å². The van der Waals surface area contributed by atoms with E-state index >= 15 is 0 Å². The van der Waals surface area contributed by atoms with E-state index < -0.39 is 0 Å². The average molecular weight is 206 g/mol. The molecule has 0 amide bonds. The molecule has 0 bridgehead atoms. The zero-order chi connectivity index (χ0) is 11.3. The fourth-order valence-corrected chi connectivity index (χ4v) is 1.79. The van der Waals surface area contributed by atoms with Crippen LogP contribution in [-0.4, -0.2) is 13.7 Å². The van der Waals surface area contributed by atoms with Crippen LogP contribution >= 0.6 is 0 Å². The fourth-order valence-electron chi connectivity index (χ4n) is 1.79. The molecule has 0 spiro atoms. The molecule has 0 atom stereocenters. The molecule has 0 heterocycles. The summed E-state index contributed by atoms with van der Waals surface area (Å²) in [5.41, 5.74) is 4.33. The SMILES string of the molecule is CCc1ccc(C(C)C)cc1CCOC. The van der Waals surface area contributed by atoms with Crippen molar-refractivity contribution in [1.82, 2.24) is 0 Å². The zero-order valence-electron chi connectivity index (χ0n) is 10.3. The summed E-state index contributed by atoms with van der Waals surface area (Å²) in [6, 6.07) is 6.85. The zero-order valence-corrected chi connectivity index (χ0v) is 10.3. The fraction of sp³-hybridized carbons (Fsp3) is 0.571. The van der Waals surface area contributed by atoms with Gasteiger partial charge in [-0.3, -0.25) is 0 Å². The Bertz CT molecular complexity index is 302. The van der Waals surface area contributed by atoms with Crippen molar-refractivity contribution in [3.8, 4) is 0 Å². The minimum atomic E-state index is 0.609. The maximum absolute atomic E-state index is 5.15. The van der Waals surface area contributed by atoms with E-state index in [1.165, 1.54) is 16.7 Å². The van der Waals surface area contributed by atoms with Gasteiger partial charge in [-0.2, -0.15) is 0 Å². The molecule has 0 radical (unpaired) electrons. The van der Waals surface area contributed by atoms with Crippen LogP contribution in [0.1, 0.15) is 43.4 Å². The van der Waals surface area contributed by atoms with Gasteiger partial charge < -0.3 is 4.74 Å². The van der Waals surface area contributed by atoms with Crippen molar-refractivity contribution in [1.29, 1.82) is 0 Å². The van der Waals surface area contributed by atoms with Gasteiger partial charge in [0.25, 0.3) is 0 Å². The van der Waals surface area contributed by atoms with Gasteiger partial charge in [-0.05, 0) is 35.4 Å². The lowest BCUT2D eigenvalue weighted by Gasteiger charge is -2.12. The summed E-state index contributed by atoms with van der Waals surface area (Å²) in [6.07, 6.45) is 2.14. The van der Waals surface area contributed by atoms with E-state index in [4.69, 9.17) is 4.74 Å². The summed E-state index contributed by atoms with van der Waals surface area (Å²) in [5, 5.41) is 0. The van der Waals surface area contributed by atoms with Crippen LogP contribution in [0.25, 0.3) is 0 Å². The molecule has 0 saturated carbocycles. The Hall–Kier alpha value is -0.820. The van der Waals surface area contributed by atoms with Gasteiger partial charge in [0.1, 0.15) is 0 Å². The standard InChI is InChI=1S/C14H22O/c1-5-12-6-7-13(11(2)3)10-14(12)8-9-15-4/h6-7,10-11H,5,8-9H2,1-4H3. The highest BCUT2D eigenvalue weighted by Crippen LogP contribution is 2.19. The highest BCUT2D eigenvalue weighted by Gasteiger charge is 2.04.